The topological polar surface area (TPSA) is 66.9 Å². The molecule has 6 nitrogen and oxygen atoms in total. The van der Waals surface area contributed by atoms with E-state index < -0.39 is 22.5 Å². The lowest BCUT2D eigenvalue weighted by Gasteiger charge is -2.31. The highest BCUT2D eigenvalue weighted by atomic mass is 32.2. The van der Waals surface area contributed by atoms with Crippen LogP contribution >= 0.6 is 0 Å². The van der Waals surface area contributed by atoms with E-state index in [1.807, 2.05) is 4.90 Å². The predicted octanol–water partition coefficient (Wildman–Crippen LogP) is 1.75. The van der Waals surface area contributed by atoms with Crippen molar-refractivity contribution in [2.24, 2.45) is 0 Å². The monoisotopic (exact) mass is 390 g/mol. The van der Waals surface area contributed by atoms with Gasteiger partial charge < -0.3 is 9.64 Å². The molecule has 0 N–H and O–H groups in total. The van der Waals surface area contributed by atoms with Crippen molar-refractivity contribution in [1.29, 1.82) is 0 Å². The molecule has 1 aromatic rings. The number of hydrogen-bond acceptors (Lipinski definition) is 5. The van der Waals surface area contributed by atoms with Crippen LogP contribution in [0.3, 0.4) is 0 Å². The predicted molar refractivity (Wildman–Crippen MR) is 93.8 cm³/mol. The van der Waals surface area contributed by atoms with E-state index in [1.54, 1.807) is 33.2 Å². The number of carbonyl (C=O) groups excluding carboxylic acids is 1. The van der Waals surface area contributed by atoms with Crippen LogP contribution in [0.5, 0.6) is 5.75 Å². The maximum atomic E-state index is 12.6. The molecule has 0 saturated carbocycles. The van der Waals surface area contributed by atoms with Gasteiger partial charge in [0.2, 0.25) is 5.91 Å². The molecule has 2 rings (SSSR count). The van der Waals surface area contributed by atoms with E-state index in [0.29, 0.717) is 13.0 Å². The second-order valence-electron chi connectivity index (χ2n) is 6.62. The van der Waals surface area contributed by atoms with Crippen molar-refractivity contribution in [2.45, 2.75) is 38.6 Å². The second-order valence-corrected chi connectivity index (χ2v) is 8.85. The summed E-state index contributed by atoms with van der Waals surface area (Å²) in [6, 6.07) is 5.51. The van der Waals surface area contributed by atoms with Crippen molar-refractivity contribution >= 4 is 15.7 Å². The molecular formula is C17H24F2N2O4S. The maximum absolute atomic E-state index is 12.6. The molecule has 0 aliphatic carbocycles. The fourth-order valence-electron chi connectivity index (χ4n) is 2.95. The van der Waals surface area contributed by atoms with Crippen LogP contribution in [-0.4, -0.2) is 68.4 Å². The van der Waals surface area contributed by atoms with Gasteiger partial charge in [-0.25, -0.2) is 8.42 Å². The molecule has 1 heterocycles. The maximum Gasteiger partial charge on any atom is 0.387 e. The molecule has 1 aliphatic rings. The first-order chi connectivity index (χ1) is 12.1. The van der Waals surface area contributed by atoms with E-state index in [9.17, 15) is 22.0 Å². The lowest BCUT2D eigenvalue weighted by molar-refractivity contribution is -0.136. The summed E-state index contributed by atoms with van der Waals surface area (Å²) < 4.78 is 51.8. The van der Waals surface area contributed by atoms with E-state index in [2.05, 4.69) is 4.74 Å². The first kappa shape index (κ1) is 20.6. The smallest absolute Gasteiger partial charge is 0.387 e. The Bertz CT molecular complexity index is 725. The van der Waals surface area contributed by atoms with Crippen molar-refractivity contribution in [3.63, 3.8) is 0 Å². The summed E-state index contributed by atoms with van der Waals surface area (Å²) in [5.41, 5.74) is 0.847. The Kier molecular flexibility index (Phi) is 6.57. The van der Waals surface area contributed by atoms with Gasteiger partial charge in [0.15, 0.2) is 9.84 Å². The summed E-state index contributed by atoms with van der Waals surface area (Å²) in [5.74, 6) is 0.0639. The van der Waals surface area contributed by atoms with Crippen molar-refractivity contribution in [2.75, 3.05) is 25.6 Å². The lowest BCUT2D eigenvalue weighted by Crippen LogP contribution is -2.48. The second kappa shape index (κ2) is 8.30. The lowest BCUT2D eigenvalue weighted by atomic mass is 10.1. The molecule has 1 amide bonds. The molecule has 2 atom stereocenters. The zero-order chi connectivity index (χ0) is 19.5. The van der Waals surface area contributed by atoms with Gasteiger partial charge in [0.05, 0.1) is 17.5 Å². The van der Waals surface area contributed by atoms with Gasteiger partial charge in [0.1, 0.15) is 5.75 Å². The fraction of sp³-hybridized carbons (Fsp3) is 0.588. The summed E-state index contributed by atoms with van der Waals surface area (Å²) in [5, 5.41) is 0. The number of sulfone groups is 1. The van der Waals surface area contributed by atoms with Crippen LogP contribution in [-0.2, 0) is 21.2 Å². The van der Waals surface area contributed by atoms with Crippen LogP contribution in [0, 0.1) is 0 Å². The number of ether oxygens (including phenoxy) is 1. The SMILES string of the molecule is CC(C(=O)N(C)C1CCS(=O)(=O)C1)N(C)Cc1ccc(OC(F)F)cc1. The number of amides is 1. The van der Waals surface area contributed by atoms with Gasteiger partial charge in [0, 0.05) is 19.6 Å². The third kappa shape index (κ3) is 5.38. The minimum Gasteiger partial charge on any atom is -0.435 e. The van der Waals surface area contributed by atoms with E-state index in [0.717, 1.165) is 5.56 Å². The van der Waals surface area contributed by atoms with Gasteiger partial charge in [0.25, 0.3) is 0 Å². The quantitative estimate of drug-likeness (QED) is 0.710. The average molecular weight is 390 g/mol. The number of likely N-dealkylation sites (N-methyl/N-ethyl adjacent to an activating group) is 2. The van der Waals surface area contributed by atoms with Crippen LogP contribution in [0.2, 0.25) is 0 Å². The molecule has 1 saturated heterocycles. The van der Waals surface area contributed by atoms with Gasteiger partial charge in [-0.3, -0.25) is 9.69 Å². The average Bonchev–Trinajstić information content (AvgIpc) is 2.94. The van der Waals surface area contributed by atoms with Crippen molar-refractivity contribution in [3.05, 3.63) is 29.8 Å². The number of alkyl halides is 2. The van der Waals surface area contributed by atoms with Crippen molar-refractivity contribution < 1.29 is 26.7 Å². The molecule has 0 spiro atoms. The highest BCUT2D eigenvalue weighted by molar-refractivity contribution is 7.91. The van der Waals surface area contributed by atoms with Gasteiger partial charge in [-0.15, -0.1) is 0 Å². The molecule has 1 aliphatic heterocycles. The number of halogens is 2. The Morgan fingerprint density at radius 2 is 1.88 bits per heavy atom. The van der Waals surface area contributed by atoms with Gasteiger partial charge in [-0.05, 0) is 38.1 Å². The number of benzene rings is 1. The standard InChI is InChI=1S/C17H24F2N2O4S/c1-12(16(22)21(3)14-8-9-26(23,24)11-14)20(2)10-13-4-6-15(7-5-13)25-17(18)19/h4-7,12,14,17H,8-11H2,1-3H3. The summed E-state index contributed by atoms with van der Waals surface area (Å²) >= 11 is 0. The highest BCUT2D eigenvalue weighted by Crippen LogP contribution is 2.19. The minimum absolute atomic E-state index is 0.0112. The van der Waals surface area contributed by atoms with E-state index in [1.165, 1.54) is 17.0 Å². The molecule has 9 heteroatoms. The van der Waals surface area contributed by atoms with Crippen LogP contribution < -0.4 is 4.74 Å². The molecule has 0 aromatic heterocycles. The molecule has 0 bridgehead atoms. The summed E-state index contributed by atoms with van der Waals surface area (Å²) in [6.45, 7) is -0.661. The molecule has 146 valence electrons. The highest BCUT2D eigenvalue weighted by Gasteiger charge is 2.34. The first-order valence-electron chi connectivity index (χ1n) is 8.30. The normalized spacial score (nSPS) is 20.3. The summed E-state index contributed by atoms with van der Waals surface area (Å²) in [4.78, 5) is 16.0. The van der Waals surface area contributed by atoms with Gasteiger partial charge in [-0.2, -0.15) is 8.78 Å². The molecule has 26 heavy (non-hydrogen) atoms. The molecule has 1 fully saturated rings. The first-order valence-corrected chi connectivity index (χ1v) is 10.1. The van der Waals surface area contributed by atoms with Gasteiger partial charge >= 0.3 is 6.61 Å². The van der Waals surface area contributed by atoms with Crippen molar-refractivity contribution in [1.82, 2.24) is 9.80 Å². The number of nitrogens with zero attached hydrogens (tertiary/aromatic N) is 2. The van der Waals surface area contributed by atoms with Crippen molar-refractivity contribution in [3.8, 4) is 5.75 Å². The number of hydrogen-bond donors (Lipinski definition) is 0. The largest absolute Gasteiger partial charge is 0.435 e. The zero-order valence-corrected chi connectivity index (χ0v) is 15.9. The van der Waals surface area contributed by atoms with Crippen LogP contribution in [0.4, 0.5) is 8.78 Å². The van der Waals surface area contributed by atoms with Crippen LogP contribution in [0.15, 0.2) is 24.3 Å². The zero-order valence-electron chi connectivity index (χ0n) is 15.1. The Balaban J connectivity index is 1.93. The Hall–Kier alpha value is -1.74. The van der Waals surface area contributed by atoms with E-state index >= 15 is 0 Å². The van der Waals surface area contributed by atoms with Gasteiger partial charge in [-0.1, -0.05) is 12.1 Å². The number of rotatable bonds is 7. The van der Waals surface area contributed by atoms with E-state index in [-0.39, 0.29) is 29.2 Å². The molecule has 0 radical (unpaired) electrons. The Morgan fingerprint density at radius 3 is 2.38 bits per heavy atom. The van der Waals surface area contributed by atoms with Crippen LogP contribution in [0.1, 0.15) is 18.9 Å². The molecule has 1 aromatic carbocycles. The Labute approximate surface area is 152 Å². The summed E-state index contributed by atoms with van der Waals surface area (Å²) in [7, 11) is 0.363. The Morgan fingerprint density at radius 1 is 1.27 bits per heavy atom. The number of carbonyl (C=O) groups is 1. The fourth-order valence-corrected chi connectivity index (χ4v) is 4.72. The summed E-state index contributed by atoms with van der Waals surface area (Å²) in [6.07, 6.45) is 0.465. The minimum atomic E-state index is -3.05. The van der Waals surface area contributed by atoms with E-state index in [4.69, 9.17) is 0 Å². The van der Waals surface area contributed by atoms with Crippen LogP contribution in [0.25, 0.3) is 0 Å². The molecule has 2 unspecified atom stereocenters. The molecular weight excluding hydrogens is 366 g/mol. The third-order valence-electron chi connectivity index (χ3n) is 4.70. The third-order valence-corrected chi connectivity index (χ3v) is 6.45.